The summed E-state index contributed by atoms with van der Waals surface area (Å²) in [7, 11) is 0. The predicted octanol–water partition coefficient (Wildman–Crippen LogP) is 2.75. The van der Waals surface area contributed by atoms with Crippen LogP contribution in [0.25, 0.3) is 0 Å². The van der Waals surface area contributed by atoms with Gasteiger partial charge in [0.1, 0.15) is 5.82 Å². The second kappa shape index (κ2) is 8.13. The lowest BCUT2D eigenvalue weighted by Gasteiger charge is -2.27. The molecule has 0 radical (unpaired) electrons. The van der Waals surface area contributed by atoms with Crippen LogP contribution in [-0.4, -0.2) is 36.5 Å². The van der Waals surface area contributed by atoms with Gasteiger partial charge in [-0.3, -0.25) is 4.79 Å². The predicted molar refractivity (Wildman–Crippen MR) is 82.6 cm³/mol. The molecule has 1 unspecified atom stereocenters. The molecule has 0 bridgehead atoms. The number of amides is 1. The Kier molecular flexibility index (Phi) is 6.18. The minimum atomic E-state index is -0.202. The zero-order valence-electron chi connectivity index (χ0n) is 12.8. The first-order valence-corrected chi connectivity index (χ1v) is 7.91. The molecule has 1 aliphatic heterocycles. The molecule has 0 aliphatic carbocycles. The van der Waals surface area contributed by atoms with E-state index in [1.165, 1.54) is 18.6 Å². The van der Waals surface area contributed by atoms with Gasteiger partial charge >= 0.3 is 0 Å². The van der Waals surface area contributed by atoms with Crippen molar-refractivity contribution >= 4 is 5.91 Å². The van der Waals surface area contributed by atoms with E-state index in [2.05, 4.69) is 12.2 Å². The summed E-state index contributed by atoms with van der Waals surface area (Å²) in [6, 6.07) is 6.88. The van der Waals surface area contributed by atoms with E-state index in [-0.39, 0.29) is 17.8 Å². The maximum atomic E-state index is 12.8. The number of halogens is 1. The third-order valence-electron chi connectivity index (χ3n) is 4.00. The van der Waals surface area contributed by atoms with Crippen molar-refractivity contribution in [3.05, 3.63) is 35.6 Å². The topological polar surface area (TPSA) is 32.3 Å². The van der Waals surface area contributed by atoms with E-state index in [1.54, 1.807) is 0 Å². The van der Waals surface area contributed by atoms with Crippen LogP contribution >= 0.6 is 0 Å². The normalized spacial score (nSPS) is 16.8. The average Bonchev–Trinajstić information content (AvgIpc) is 2.50. The molecule has 3 nitrogen and oxygen atoms in total. The first-order chi connectivity index (χ1) is 10.1. The highest BCUT2D eigenvalue weighted by molar-refractivity contribution is 5.76. The van der Waals surface area contributed by atoms with Crippen molar-refractivity contribution in [2.75, 3.05) is 19.6 Å². The maximum Gasteiger partial charge on any atom is 0.223 e. The van der Waals surface area contributed by atoms with Gasteiger partial charge in [0.05, 0.1) is 0 Å². The van der Waals surface area contributed by atoms with Crippen LogP contribution in [0.1, 0.15) is 38.2 Å². The summed E-state index contributed by atoms with van der Waals surface area (Å²) in [4.78, 5) is 14.0. The number of carbonyl (C=O) groups is 1. The molecule has 1 aromatic carbocycles. The van der Waals surface area contributed by atoms with Crippen LogP contribution in [0, 0.1) is 5.82 Å². The van der Waals surface area contributed by atoms with Gasteiger partial charge in [-0.15, -0.1) is 0 Å². The Morgan fingerprint density at radius 3 is 2.57 bits per heavy atom. The van der Waals surface area contributed by atoms with Crippen LogP contribution in [-0.2, 0) is 11.2 Å². The molecule has 2 rings (SSSR count). The molecule has 1 N–H and O–H groups in total. The number of rotatable bonds is 6. The van der Waals surface area contributed by atoms with Gasteiger partial charge < -0.3 is 10.2 Å². The van der Waals surface area contributed by atoms with E-state index in [0.717, 1.165) is 37.9 Å². The average molecular weight is 292 g/mol. The van der Waals surface area contributed by atoms with Crippen LogP contribution in [0.15, 0.2) is 24.3 Å². The first-order valence-electron chi connectivity index (χ1n) is 7.91. The van der Waals surface area contributed by atoms with Crippen LogP contribution in [0.3, 0.4) is 0 Å². The third kappa shape index (κ3) is 5.46. The smallest absolute Gasteiger partial charge is 0.223 e. The van der Waals surface area contributed by atoms with Gasteiger partial charge in [0, 0.05) is 32.1 Å². The van der Waals surface area contributed by atoms with Gasteiger partial charge in [0.2, 0.25) is 5.91 Å². The fraction of sp³-hybridized carbons (Fsp3) is 0.588. The number of likely N-dealkylation sites (tertiary alicyclic amines) is 1. The van der Waals surface area contributed by atoms with E-state index in [4.69, 9.17) is 0 Å². The van der Waals surface area contributed by atoms with Crippen LogP contribution in [0.4, 0.5) is 4.39 Å². The van der Waals surface area contributed by atoms with Crippen LogP contribution in [0.5, 0.6) is 0 Å². The van der Waals surface area contributed by atoms with Crippen molar-refractivity contribution in [1.82, 2.24) is 10.2 Å². The highest BCUT2D eigenvalue weighted by Gasteiger charge is 2.16. The lowest BCUT2D eigenvalue weighted by Crippen LogP contribution is -2.38. The number of hydrogen-bond acceptors (Lipinski definition) is 2. The highest BCUT2D eigenvalue weighted by atomic mass is 19.1. The van der Waals surface area contributed by atoms with Gasteiger partial charge in [-0.1, -0.05) is 12.1 Å². The molecule has 1 saturated heterocycles. The van der Waals surface area contributed by atoms with Crippen molar-refractivity contribution in [1.29, 1.82) is 0 Å². The molecule has 1 aliphatic rings. The highest BCUT2D eigenvalue weighted by Crippen LogP contribution is 2.10. The molecule has 0 aromatic heterocycles. The summed E-state index contributed by atoms with van der Waals surface area (Å²) in [5.41, 5.74) is 1.11. The largest absolute Gasteiger partial charge is 0.343 e. The summed E-state index contributed by atoms with van der Waals surface area (Å²) < 4.78 is 12.8. The zero-order chi connectivity index (χ0) is 15.1. The summed E-state index contributed by atoms with van der Waals surface area (Å²) in [5, 5.41) is 3.37. The Labute approximate surface area is 126 Å². The number of nitrogens with one attached hydrogen (secondary N) is 1. The quantitative estimate of drug-likeness (QED) is 0.874. The Morgan fingerprint density at radius 1 is 1.24 bits per heavy atom. The number of benzene rings is 1. The molecule has 1 amide bonds. The van der Waals surface area contributed by atoms with Gasteiger partial charge in [0.15, 0.2) is 0 Å². The van der Waals surface area contributed by atoms with E-state index >= 15 is 0 Å². The molecule has 1 aromatic rings. The Hall–Kier alpha value is -1.42. The fourth-order valence-corrected chi connectivity index (χ4v) is 2.77. The van der Waals surface area contributed by atoms with Gasteiger partial charge in [-0.25, -0.2) is 4.39 Å². The minimum Gasteiger partial charge on any atom is -0.343 e. The van der Waals surface area contributed by atoms with E-state index in [9.17, 15) is 9.18 Å². The summed E-state index contributed by atoms with van der Waals surface area (Å²) in [5.74, 6) is 0.0580. The van der Waals surface area contributed by atoms with Crippen molar-refractivity contribution in [2.24, 2.45) is 0 Å². The van der Waals surface area contributed by atoms with Crippen LogP contribution in [0.2, 0.25) is 0 Å². The molecule has 116 valence electrons. The Bertz CT molecular complexity index is 441. The summed E-state index contributed by atoms with van der Waals surface area (Å²) >= 11 is 0. The second-order valence-corrected chi connectivity index (χ2v) is 5.88. The number of hydrogen-bond donors (Lipinski definition) is 1. The van der Waals surface area contributed by atoms with E-state index in [1.807, 2.05) is 17.0 Å². The fourth-order valence-electron chi connectivity index (χ4n) is 2.77. The van der Waals surface area contributed by atoms with Gasteiger partial charge in [-0.05, 0) is 50.3 Å². The maximum absolute atomic E-state index is 12.8. The molecule has 0 spiro atoms. The molecule has 0 saturated carbocycles. The third-order valence-corrected chi connectivity index (χ3v) is 4.00. The molecule has 4 heteroatoms. The molecule has 21 heavy (non-hydrogen) atoms. The lowest BCUT2D eigenvalue weighted by molar-refractivity contribution is -0.131. The molecular weight excluding hydrogens is 267 g/mol. The standard InChI is InChI=1S/C17H25FN2O/c1-14(13-15-5-7-16(18)8-6-15)19-10-9-17(21)20-11-3-2-4-12-20/h5-8,14,19H,2-4,9-13H2,1H3. The minimum absolute atomic E-state index is 0.202. The summed E-state index contributed by atoms with van der Waals surface area (Å²) in [6.45, 7) is 4.64. The molecule has 1 heterocycles. The molecular formula is C17H25FN2O. The second-order valence-electron chi connectivity index (χ2n) is 5.88. The first kappa shape index (κ1) is 16.0. The number of piperidine rings is 1. The van der Waals surface area contributed by atoms with Crippen molar-refractivity contribution < 1.29 is 9.18 Å². The van der Waals surface area contributed by atoms with E-state index in [0.29, 0.717) is 13.0 Å². The summed E-state index contributed by atoms with van der Waals surface area (Å²) in [6.07, 6.45) is 4.93. The van der Waals surface area contributed by atoms with Gasteiger partial charge in [-0.2, -0.15) is 0 Å². The monoisotopic (exact) mass is 292 g/mol. The number of carbonyl (C=O) groups excluding carboxylic acids is 1. The SMILES string of the molecule is CC(Cc1ccc(F)cc1)NCCC(=O)N1CCCCC1. The van der Waals surface area contributed by atoms with Crippen molar-refractivity contribution in [3.63, 3.8) is 0 Å². The van der Waals surface area contributed by atoms with E-state index < -0.39 is 0 Å². The van der Waals surface area contributed by atoms with Gasteiger partial charge in [0.25, 0.3) is 0 Å². The van der Waals surface area contributed by atoms with Crippen LogP contribution < -0.4 is 5.32 Å². The lowest BCUT2D eigenvalue weighted by atomic mass is 10.1. The Balaban J connectivity index is 1.65. The van der Waals surface area contributed by atoms with Crippen molar-refractivity contribution in [3.8, 4) is 0 Å². The molecule has 1 atom stereocenters. The van der Waals surface area contributed by atoms with Crippen molar-refractivity contribution in [2.45, 2.75) is 45.1 Å². The Morgan fingerprint density at radius 2 is 1.90 bits per heavy atom. The molecule has 1 fully saturated rings. The zero-order valence-corrected chi connectivity index (χ0v) is 12.8. The number of nitrogens with zero attached hydrogens (tertiary/aromatic N) is 1.